The number of hydrogen-bond donors (Lipinski definition) is 1. The minimum absolute atomic E-state index is 0.169. The van der Waals surface area contributed by atoms with E-state index in [0.717, 1.165) is 12.0 Å². The van der Waals surface area contributed by atoms with Crippen molar-refractivity contribution in [2.75, 3.05) is 13.2 Å². The second-order valence-corrected chi connectivity index (χ2v) is 6.22. The van der Waals surface area contributed by atoms with Gasteiger partial charge in [0.05, 0.1) is 6.04 Å². The van der Waals surface area contributed by atoms with Crippen LogP contribution >= 0.6 is 11.6 Å². The largest absolute Gasteiger partial charge is 0.482 e. The van der Waals surface area contributed by atoms with E-state index in [1.807, 2.05) is 31.2 Å². The van der Waals surface area contributed by atoms with E-state index < -0.39 is 5.97 Å². The second-order valence-electron chi connectivity index (χ2n) is 5.79. The molecule has 1 amide bonds. The maximum atomic E-state index is 11.9. The van der Waals surface area contributed by atoms with Gasteiger partial charge in [0.25, 0.3) is 5.91 Å². The Labute approximate surface area is 158 Å². The van der Waals surface area contributed by atoms with Crippen molar-refractivity contribution in [2.45, 2.75) is 26.3 Å². The smallest absolute Gasteiger partial charge is 0.344 e. The van der Waals surface area contributed by atoms with E-state index in [-0.39, 0.29) is 25.2 Å². The van der Waals surface area contributed by atoms with Gasteiger partial charge in [0.15, 0.2) is 13.2 Å². The minimum atomic E-state index is -0.616. The molecule has 26 heavy (non-hydrogen) atoms. The zero-order chi connectivity index (χ0) is 18.9. The molecule has 0 aliphatic rings. The van der Waals surface area contributed by atoms with Gasteiger partial charge < -0.3 is 14.8 Å². The van der Waals surface area contributed by atoms with Crippen LogP contribution in [0.2, 0.25) is 5.02 Å². The standard InChI is InChI=1S/C20H22ClNO4/c1-3-15-4-6-16(7-5-15)14(2)22-19(23)12-26-20(24)13-25-18-10-8-17(21)9-11-18/h4-11,14H,3,12-13H2,1-2H3,(H,22,23)/t14-/m0/s1. The summed E-state index contributed by atoms with van der Waals surface area (Å²) >= 11 is 5.77. The van der Waals surface area contributed by atoms with Crippen molar-refractivity contribution in [3.05, 3.63) is 64.7 Å². The van der Waals surface area contributed by atoms with Crippen molar-refractivity contribution in [2.24, 2.45) is 0 Å². The van der Waals surface area contributed by atoms with Gasteiger partial charge in [0.1, 0.15) is 5.75 Å². The molecule has 1 atom stereocenters. The number of aryl methyl sites for hydroxylation is 1. The lowest BCUT2D eigenvalue weighted by atomic mass is 10.1. The number of halogens is 1. The summed E-state index contributed by atoms with van der Waals surface area (Å²) in [5.41, 5.74) is 2.23. The fraction of sp³-hybridized carbons (Fsp3) is 0.300. The quantitative estimate of drug-likeness (QED) is 0.714. The van der Waals surface area contributed by atoms with Gasteiger partial charge in [0.2, 0.25) is 0 Å². The Hall–Kier alpha value is -2.53. The third-order valence-corrected chi connectivity index (χ3v) is 4.05. The highest BCUT2D eigenvalue weighted by molar-refractivity contribution is 6.30. The maximum Gasteiger partial charge on any atom is 0.344 e. The fourth-order valence-electron chi connectivity index (χ4n) is 2.27. The molecule has 138 valence electrons. The van der Waals surface area contributed by atoms with Gasteiger partial charge in [-0.05, 0) is 48.7 Å². The summed E-state index contributed by atoms with van der Waals surface area (Å²) in [6.07, 6.45) is 0.967. The molecule has 6 heteroatoms. The van der Waals surface area contributed by atoms with Crippen LogP contribution in [0.15, 0.2) is 48.5 Å². The Balaban J connectivity index is 1.71. The van der Waals surface area contributed by atoms with Crippen LogP contribution in [0, 0.1) is 0 Å². The second kappa shape index (κ2) is 9.82. The molecule has 2 rings (SSSR count). The Morgan fingerprint density at radius 3 is 2.31 bits per heavy atom. The molecule has 0 radical (unpaired) electrons. The molecule has 0 heterocycles. The van der Waals surface area contributed by atoms with Gasteiger partial charge in [-0.15, -0.1) is 0 Å². The highest BCUT2D eigenvalue weighted by Crippen LogP contribution is 2.15. The molecule has 0 unspecified atom stereocenters. The van der Waals surface area contributed by atoms with Gasteiger partial charge in [-0.25, -0.2) is 4.79 Å². The van der Waals surface area contributed by atoms with Crippen LogP contribution in [-0.2, 0) is 20.7 Å². The first-order valence-electron chi connectivity index (χ1n) is 8.40. The lowest BCUT2D eigenvalue weighted by Gasteiger charge is -2.15. The number of carbonyl (C=O) groups excluding carboxylic acids is 2. The molecule has 0 aromatic heterocycles. The van der Waals surface area contributed by atoms with Gasteiger partial charge in [0, 0.05) is 5.02 Å². The summed E-state index contributed by atoms with van der Waals surface area (Å²) in [7, 11) is 0. The summed E-state index contributed by atoms with van der Waals surface area (Å²) in [4.78, 5) is 23.6. The first-order chi connectivity index (χ1) is 12.5. The van der Waals surface area contributed by atoms with Crippen molar-refractivity contribution in [3.8, 4) is 5.75 Å². The number of rotatable bonds is 8. The summed E-state index contributed by atoms with van der Waals surface area (Å²) in [5.74, 6) is -0.480. The lowest BCUT2D eigenvalue weighted by Crippen LogP contribution is -2.31. The molecule has 0 fully saturated rings. The molecule has 0 spiro atoms. The monoisotopic (exact) mass is 375 g/mol. The Kier molecular flexibility index (Phi) is 7.48. The predicted octanol–water partition coefficient (Wildman–Crippen LogP) is 3.70. The predicted molar refractivity (Wildman–Crippen MR) is 100 cm³/mol. The number of carbonyl (C=O) groups is 2. The van der Waals surface area contributed by atoms with E-state index in [9.17, 15) is 9.59 Å². The Bertz CT molecular complexity index is 728. The van der Waals surface area contributed by atoms with E-state index >= 15 is 0 Å². The number of nitrogens with one attached hydrogen (secondary N) is 1. The van der Waals surface area contributed by atoms with Crippen LogP contribution in [0.25, 0.3) is 0 Å². The van der Waals surface area contributed by atoms with Crippen molar-refractivity contribution < 1.29 is 19.1 Å². The van der Waals surface area contributed by atoms with E-state index in [2.05, 4.69) is 12.2 Å². The average Bonchev–Trinajstić information content (AvgIpc) is 2.66. The van der Waals surface area contributed by atoms with E-state index in [1.165, 1.54) is 5.56 Å². The number of amides is 1. The summed E-state index contributed by atoms with van der Waals surface area (Å²) in [6.45, 7) is 3.35. The van der Waals surface area contributed by atoms with Crippen molar-refractivity contribution >= 4 is 23.5 Å². The van der Waals surface area contributed by atoms with Crippen LogP contribution in [0.4, 0.5) is 0 Å². The van der Waals surface area contributed by atoms with E-state index in [1.54, 1.807) is 24.3 Å². The number of esters is 1. The van der Waals surface area contributed by atoms with Gasteiger partial charge >= 0.3 is 5.97 Å². The minimum Gasteiger partial charge on any atom is -0.482 e. The molecule has 0 aliphatic carbocycles. The normalized spacial score (nSPS) is 11.5. The van der Waals surface area contributed by atoms with E-state index in [4.69, 9.17) is 21.1 Å². The van der Waals surface area contributed by atoms with Crippen molar-refractivity contribution in [3.63, 3.8) is 0 Å². The number of ether oxygens (including phenoxy) is 2. The molecule has 2 aromatic rings. The van der Waals surface area contributed by atoms with Gasteiger partial charge in [-0.3, -0.25) is 4.79 Å². The van der Waals surface area contributed by atoms with Crippen LogP contribution in [-0.4, -0.2) is 25.1 Å². The first kappa shape index (κ1) is 19.8. The van der Waals surface area contributed by atoms with Crippen LogP contribution < -0.4 is 10.1 Å². The van der Waals surface area contributed by atoms with E-state index in [0.29, 0.717) is 10.8 Å². The summed E-state index contributed by atoms with van der Waals surface area (Å²) in [5, 5.41) is 3.38. The van der Waals surface area contributed by atoms with Crippen LogP contribution in [0.1, 0.15) is 31.0 Å². The SMILES string of the molecule is CCc1ccc([C@H](C)NC(=O)COC(=O)COc2ccc(Cl)cc2)cc1. The number of benzene rings is 2. The van der Waals surface area contributed by atoms with Crippen molar-refractivity contribution in [1.82, 2.24) is 5.32 Å². The zero-order valence-electron chi connectivity index (χ0n) is 14.8. The van der Waals surface area contributed by atoms with Crippen LogP contribution in [0.3, 0.4) is 0 Å². The Morgan fingerprint density at radius 1 is 1.04 bits per heavy atom. The Morgan fingerprint density at radius 2 is 1.69 bits per heavy atom. The molecule has 1 N–H and O–H groups in total. The third kappa shape index (κ3) is 6.41. The first-order valence-corrected chi connectivity index (χ1v) is 8.78. The fourth-order valence-corrected chi connectivity index (χ4v) is 2.40. The summed E-state index contributed by atoms with van der Waals surface area (Å²) in [6, 6.07) is 14.5. The van der Waals surface area contributed by atoms with Crippen molar-refractivity contribution in [1.29, 1.82) is 0 Å². The molecule has 0 aliphatic heterocycles. The van der Waals surface area contributed by atoms with Crippen LogP contribution in [0.5, 0.6) is 5.75 Å². The molecular formula is C20H22ClNO4. The number of hydrogen-bond acceptors (Lipinski definition) is 4. The molecule has 0 bridgehead atoms. The molecule has 5 nitrogen and oxygen atoms in total. The van der Waals surface area contributed by atoms with Gasteiger partial charge in [-0.1, -0.05) is 42.8 Å². The average molecular weight is 376 g/mol. The topological polar surface area (TPSA) is 64.6 Å². The third-order valence-electron chi connectivity index (χ3n) is 3.80. The maximum absolute atomic E-state index is 11.9. The highest BCUT2D eigenvalue weighted by Gasteiger charge is 2.12. The van der Waals surface area contributed by atoms with Gasteiger partial charge in [-0.2, -0.15) is 0 Å². The summed E-state index contributed by atoms with van der Waals surface area (Å²) < 4.78 is 10.2. The molecule has 0 saturated carbocycles. The molecule has 2 aromatic carbocycles. The zero-order valence-corrected chi connectivity index (χ0v) is 15.6. The molecule has 0 saturated heterocycles. The lowest BCUT2D eigenvalue weighted by molar-refractivity contribution is -0.150. The molecular weight excluding hydrogens is 354 g/mol. The highest BCUT2D eigenvalue weighted by atomic mass is 35.5.